The number of hydrogen-bond acceptors (Lipinski definition) is 3. The van der Waals surface area contributed by atoms with Gasteiger partial charge in [-0.15, -0.1) is 0 Å². The lowest BCUT2D eigenvalue weighted by atomic mass is 10.0. The molecule has 0 bridgehead atoms. The zero-order chi connectivity index (χ0) is 13.9. The molecule has 8 heteroatoms. The monoisotopic (exact) mass is 325 g/mol. The molecule has 0 spiro atoms. The van der Waals surface area contributed by atoms with E-state index in [1.54, 1.807) is 0 Å². The number of carbonyl (C=O) groups excluding carboxylic acids is 1. The fourth-order valence-corrected chi connectivity index (χ4v) is 1.55. The summed E-state index contributed by atoms with van der Waals surface area (Å²) < 4.78 is 37.8. The van der Waals surface area contributed by atoms with Crippen LogP contribution in [0.2, 0.25) is 0 Å². The van der Waals surface area contributed by atoms with Crippen molar-refractivity contribution in [3.8, 4) is 0 Å². The molecule has 4 nitrogen and oxygen atoms in total. The zero-order valence-electron chi connectivity index (χ0n) is 8.83. The predicted molar refractivity (Wildman–Crippen MR) is 60.6 cm³/mol. The first-order valence-corrected chi connectivity index (χ1v) is 5.80. The average Bonchev–Trinajstić information content (AvgIpc) is 2.27. The highest BCUT2D eigenvalue weighted by molar-refractivity contribution is 9.09. The molecule has 0 N–H and O–H groups in total. The van der Waals surface area contributed by atoms with Crippen LogP contribution < -0.4 is 0 Å². The molecule has 0 aliphatic rings. The molecule has 1 rings (SSSR count). The summed E-state index contributed by atoms with van der Waals surface area (Å²) in [5, 5.41) is 10.5. The van der Waals surface area contributed by atoms with Crippen LogP contribution in [-0.2, 0) is 17.4 Å². The molecule has 0 amide bonds. The van der Waals surface area contributed by atoms with E-state index >= 15 is 0 Å². The fourth-order valence-electron chi connectivity index (χ4n) is 1.35. The Morgan fingerprint density at radius 3 is 2.44 bits per heavy atom. The molecule has 18 heavy (non-hydrogen) atoms. The largest absolute Gasteiger partial charge is 0.423 e. The Labute approximate surface area is 108 Å². The van der Waals surface area contributed by atoms with Crippen LogP contribution in [0.5, 0.6) is 0 Å². The van der Waals surface area contributed by atoms with Gasteiger partial charge in [0.2, 0.25) is 0 Å². The number of Topliss-reactive ketones (excluding diaryl/α,β-unsaturated/α-hetero) is 1. The quantitative estimate of drug-likeness (QED) is 0.485. The van der Waals surface area contributed by atoms with Crippen molar-refractivity contribution in [1.29, 1.82) is 0 Å². The van der Waals surface area contributed by atoms with Gasteiger partial charge in [0.05, 0.1) is 10.3 Å². The minimum atomic E-state index is -4.82. The Balaban J connectivity index is 3.22. The van der Waals surface area contributed by atoms with Gasteiger partial charge in [0.1, 0.15) is 11.3 Å². The van der Waals surface area contributed by atoms with E-state index in [-0.39, 0.29) is 23.1 Å². The first-order chi connectivity index (χ1) is 8.25. The van der Waals surface area contributed by atoms with Crippen LogP contribution in [-0.4, -0.2) is 16.0 Å². The number of hydrogen-bond donors (Lipinski definition) is 0. The molecule has 0 aliphatic carbocycles. The third kappa shape index (κ3) is 3.52. The van der Waals surface area contributed by atoms with E-state index in [0.717, 1.165) is 12.1 Å². The normalized spacial score (nSPS) is 11.3. The van der Waals surface area contributed by atoms with E-state index in [1.165, 1.54) is 0 Å². The standard InChI is InChI=1S/C10H7BrF3NO3/c11-5-7(16)3-6-1-2-9(15(17)18)8(4-6)10(12,13)14/h1-2,4H,3,5H2. The topological polar surface area (TPSA) is 60.2 Å². The predicted octanol–water partition coefficient (Wildman–Crippen LogP) is 3.12. The maximum atomic E-state index is 12.6. The Kier molecular flexibility index (Phi) is 4.44. The maximum Gasteiger partial charge on any atom is 0.423 e. The Hall–Kier alpha value is -1.44. The third-order valence-electron chi connectivity index (χ3n) is 2.11. The first-order valence-electron chi connectivity index (χ1n) is 4.68. The summed E-state index contributed by atoms with van der Waals surface area (Å²) >= 11 is 2.89. The molecule has 0 fully saturated rings. The summed E-state index contributed by atoms with van der Waals surface area (Å²) in [4.78, 5) is 20.5. The van der Waals surface area contributed by atoms with Crippen LogP contribution in [0.3, 0.4) is 0 Å². The molecule has 0 aliphatic heterocycles. The molecule has 0 saturated carbocycles. The summed E-state index contributed by atoms with van der Waals surface area (Å²) in [6, 6.07) is 2.55. The van der Waals surface area contributed by atoms with E-state index < -0.39 is 22.4 Å². The molecule has 1 aromatic carbocycles. The summed E-state index contributed by atoms with van der Waals surface area (Å²) in [5.74, 6) is -0.308. The zero-order valence-corrected chi connectivity index (χ0v) is 10.4. The van der Waals surface area contributed by atoms with Gasteiger partial charge < -0.3 is 0 Å². The average molecular weight is 326 g/mol. The van der Waals surface area contributed by atoms with Gasteiger partial charge in [-0.25, -0.2) is 0 Å². The minimum Gasteiger partial charge on any atom is -0.298 e. The summed E-state index contributed by atoms with van der Waals surface area (Å²) in [6.07, 6.45) is -5.03. The third-order valence-corrected chi connectivity index (χ3v) is 2.74. The molecular weight excluding hydrogens is 319 g/mol. The molecule has 0 atom stereocenters. The Bertz CT molecular complexity index is 488. The number of nitrogens with zero attached hydrogens (tertiary/aromatic N) is 1. The van der Waals surface area contributed by atoms with Crippen LogP contribution in [0.1, 0.15) is 11.1 Å². The number of nitro groups is 1. The van der Waals surface area contributed by atoms with E-state index in [0.29, 0.717) is 6.07 Å². The van der Waals surface area contributed by atoms with Gasteiger partial charge in [0.25, 0.3) is 5.69 Å². The van der Waals surface area contributed by atoms with Crippen molar-refractivity contribution in [1.82, 2.24) is 0 Å². The Morgan fingerprint density at radius 2 is 2.00 bits per heavy atom. The number of alkyl halides is 4. The van der Waals surface area contributed by atoms with E-state index in [2.05, 4.69) is 15.9 Å². The van der Waals surface area contributed by atoms with Crippen molar-refractivity contribution in [3.63, 3.8) is 0 Å². The van der Waals surface area contributed by atoms with Crippen LogP contribution in [0, 0.1) is 10.1 Å². The number of carbonyl (C=O) groups is 1. The van der Waals surface area contributed by atoms with Crippen LogP contribution in [0.25, 0.3) is 0 Å². The lowest BCUT2D eigenvalue weighted by molar-refractivity contribution is -0.388. The molecule has 1 aromatic rings. The van der Waals surface area contributed by atoms with Crippen molar-refractivity contribution in [2.45, 2.75) is 12.6 Å². The minimum absolute atomic E-state index is 0.0192. The van der Waals surface area contributed by atoms with Crippen LogP contribution >= 0.6 is 15.9 Å². The summed E-state index contributed by atoms with van der Waals surface area (Å²) in [5.41, 5.74) is -2.26. The molecule has 0 radical (unpaired) electrons. The number of benzene rings is 1. The van der Waals surface area contributed by atoms with E-state index in [9.17, 15) is 28.1 Å². The molecule has 0 saturated heterocycles. The van der Waals surface area contributed by atoms with E-state index in [4.69, 9.17) is 0 Å². The molecule has 98 valence electrons. The first kappa shape index (κ1) is 14.6. The highest BCUT2D eigenvalue weighted by atomic mass is 79.9. The second-order valence-electron chi connectivity index (χ2n) is 3.46. The summed E-state index contributed by atoms with van der Waals surface area (Å²) in [7, 11) is 0. The van der Waals surface area contributed by atoms with Crippen LogP contribution in [0.4, 0.5) is 18.9 Å². The van der Waals surface area contributed by atoms with Crippen LogP contribution in [0.15, 0.2) is 18.2 Å². The highest BCUT2D eigenvalue weighted by Gasteiger charge is 2.38. The Morgan fingerprint density at radius 1 is 1.39 bits per heavy atom. The number of ketones is 1. The molecule has 0 unspecified atom stereocenters. The SMILES string of the molecule is O=C(CBr)Cc1ccc([N+](=O)[O-])c(C(F)(F)F)c1. The van der Waals surface area contributed by atoms with Crippen molar-refractivity contribution in [2.75, 3.05) is 5.33 Å². The lowest BCUT2D eigenvalue weighted by Gasteiger charge is -2.09. The fraction of sp³-hybridized carbons (Fsp3) is 0.300. The number of halogens is 4. The van der Waals surface area contributed by atoms with Gasteiger partial charge in [-0.3, -0.25) is 14.9 Å². The van der Waals surface area contributed by atoms with Gasteiger partial charge in [-0.2, -0.15) is 13.2 Å². The smallest absolute Gasteiger partial charge is 0.298 e. The highest BCUT2D eigenvalue weighted by Crippen LogP contribution is 2.36. The maximum absolute atomic E-state index is 12.6. The van der Waals surface area contributed by atoms with Gasteiger partial charge in [0, 0.05) is 12.5 Å². The summed E-state index contributed by atoms with van der Waals surface area (Å²) in [6.45, 7) is 0. The van der Waals surface area contributed by atoms with Crippen molar-refractivity contribution < 1.29 is 22.9 Å². The molecular formula is C10H7BrF3NO3. The van der Waals surface area contributed by atoms with Crippen molar-refractivity contribution in [3.05, 3.63) is 39.4 Å². The van der Waals surface area contributed by atoms with Gasteiger partial charge in [-0.05, 0) is 11.6 Å². The second-order valence-corrected chi connectivity index (χ2v) is 4.02. The second kappa shape index (κ2) is 5.47. The van der Waals surface area contributed by atoms with Gasteiger partial charge >= 0.3 is 6.18 Å². The molecule has 0 aromatic heterocycles. The number of nitro benzene ring substituents is 1. The van der Waals surface area contributed by atoms with Crippen molar-refractivity contribution >= 4 is 27.4 Å². The number of rotatable bonds is 4. The van der Waals surface area contributed by atoms with Gasteiger partial charge in [-0.1, -0.05) is 22.0 Å². The van der Waals surface area contributed by atoms with Gasteiger partial charge in [0.15, 0.2) is 0 Å². The van der Waals surface area contributed by atoms with E-state index in [1.807, 2.05) is 0 Å². The lowest BCUT2D eigenvalue weighted by Crippen LogP contribution is -2.11. The van der Waals surface area contributed by atoms with Crippen molar-refractivity contribution in [2.24, 2.45) is 0 Å². The molecule has 0 heterocycles.